The summed E-state index contributed by atoms with van der Waals surface area (Å²) >= 11 is 0. The van der Waals surface area contributed by atoms with Crippen molar-refractivity contribution in [2.75, 3.05) is 39.8 Å². The lowest BCUT2D eigenvalue weighted by Crippen LogP contribution is -2.70. The fourth-order valence-electron chi connectivity index (χ4n) is 11.0. The molecule has 0 radical (unpaired) electrons. The van der Waals surface area contributed by atoms with Crippen LogP contribution in [0.3, 0.4) is 0 Å². The molecule has 2 heterocycles. The van der Waals surface area contributed by atoms with Gasteiger partial charge in [0.05, 0.1) is 31.5 Å². The number of allylic oxidation sites excluding steroid dienone is 1. The summed E-state index contributed by atoms with van der Waals surface area (Å²) in [4.78, 5) is 36.6. The van der Waals surface area contributed by atoms with Gasteiger partial charge in [-0.2, -0.15) is 0 Å². The van der Waals surface area contributed by atoms with Crippen molar-refractivity contribution in [1.29, 1.82) is 0 Å². The molecule has 9 rings (SSSR count). The van der Waals surface area contributed by atoms with Crippen molar-refractivity contribution in [3.05, 3.63) is 180 Å². The standard InChI is InChI=1S/C60H67N3O12/c1-2-30-72-60-55(63(38-45-24-26-53-54(33-45)71-41-70-53)59(67)69-32-31-68-39-43-18-8-4-9-19-43)36-51(62-73-40-44-20-10-5-11-21-44)49-34-46(22-12-14-28-64)48(23-13-15-29-65)56(57(49)60)50-35-47(25-27-52(50)75-60)74-58(66)61-37-42-16-6-3-7-17-42/h2-11,16-21,24-27,33-35,46,48,55-57,64-65H,1,12-15,22-23,28-32,36-41H2,(H,61,66). The molecular formula is C60H67N3O12. The minimum Gasteiger partial charge on any atom is -0.459 e. The van der Waals surface area contributed by atoms with Crippen LogP contribution >= 0.6 is 0 Å². The first kappa shape index (κ1) is 52.7. The zero-order valence-electron chi connectivity index (χ0n) is 42.3. The lowest BCUT2D eigenvalue weighted by molar-refractivity contribution is -0.256. The Kier molecular flexibility index (Phi) is 18.2. The van der Waals surface area contributed by atoms with Crippen LogP contribution in [0.2, 0.25) is 0 Å². The normalized spacial score (nSPS) is 21.4. The first-order chi connectivity index (χ1) is 36.9. The van der Waals surface area contributed by atoms with Gasteiger partial charge in [0.25, 0.3) is 0 Å². The minimum atomic E-state index is -1.60. The molecule has 6 atom stereocenters. The molecule has 394 valence electrons. The van der Waals surface area contributed by atoms with Gasteiger partial charge < -0.3 is 53.5 Å². The van der Waals surface area contributed by atoms with Crippen molar-refractivity contribution in [3.8, 4) is 23.0 Å². The highest BCUT2D eigenvalue weighted by atomic mass is 16.7. The second kappa shape index (κ2) is 25.9. The molecule has 6 unspecified atom stereocenters. The first-order valence-corrected chi connectivity index (χ1v) is 26.0. The Morgan fingerprint density at radius 1 is 0.773 bits per heavy atom. The fraction of sp³-hybridized carbons (Fsp3) is 0.383. The van der Waals surface area contributed by atoms with E-state index in [1.807, 2.05) is 121 Å². The van der Waals surface area contributed by atoms with Crippen molar-refractivity contribution in [3.63, 3.8) is 0 Å². The number of nitrogens with one attached hydrogen (secondary N) is 1. The average Bonchev–Trinajstić information content (AvgIpc) is 3.99. The molecule has 1 fully saturated rings. The minimum absolute atomic E-state index is 0.0326. The number of aliphatic hydroxyl groups is 2. The lowest BCUT2D eigenvalue weighted by Gasteiger charge is -2.59. The van der Waals surface area contributed by atoms with E-state index < -0.39 is 29.9 Å². The molecule has 1 saturated carbocycles. The molecule has 2 aliphatic heterocycles. The van der Waals surface area contributed by atoms with Gasteiger partial charge in [-0.1, -0.05) is 127 Å². The average molecular weight is 1020 g/mol. The number of fused-ring (bicyclic) bond motifs is 3. The third-order valence-corrected chi connectivity index (χ3v) is 14.3. The highest BCUT2D eigenvalue weighted by Crippen LogP contribution is 2.62. The van der Waals surface area contributed by atoms with Gasteiger partial charge in [-0.05, 0) is 95.7 Å². The number of carbonyl (C=O) groups excluding carboxylic acids is 2. The molecule has 0 aromatic heterocycles. The van der Waals surface area contributed by atoms with Gasteiger partial charge in [0, 0.05) is 44.2 Å². The van der Waals surface area contributed by atoms with Crippen LogP contribution in [0.4, 0.5) is 9.59 Å². The Morgan fingerprint density at radius 3 is 2.20 bits per heavy atom. The molecular weight excluding hydrogens is 955 g/mol. The molecule has 75 heavy (non-hydrogen) atoms. The quantitative estimate of drug-likeness (QED) is 0.0287. The number of hydrogen-bond donors (Lipinski definition) is 3. The van der Waals surface area contributed by atoms with Gasteiger partial charge in [0.2, 0.25) is 12.6 Å². The van der Waals surface area contributed by atoms with Crippen molar-refractivity contribution >= 4 is 17.9 Å². The van der Waals surface area contributed by atoms with Crippen molar-refractivity contribution in [1.82, 2.24) is 10.2 Å². The van der Waals surface area contributed by atoms with E-state index >= 15 is 4.79 Å². The zero-order chi connectivity index (χ0) is 51.8. The van der Waals surface area contributed by atoms with Gasteiger partial charge in [-0.15, -0.1) is 6.58 Å². The second-order valence-corrected chi connectivity index (χ2v) is 19.2. The van der Waals surface area contributed by atoms with E-state index in [9.17, 15) is 15.0 Å². The van der Waals surface area contributed by atoms with Gasteiger partial charge in [-0.25, -0.2) is 9.59 Å². The number of benzene rings is 5. The number of rotatable bonds is 25. The van der Waals surface area contributed by atoms with Crippen LogP contribution in [0.1, 0.15) is 78.7 Å². The van der Waals surface area contributed by atoms with Crippen LogP contribution in [-0.4, -0.2) is 84.7 Å². The number of oxime groups is 1. The van der Waals surface area contributed by atoms with Gasteiger partial charge in [-0.3, -0.25) is 4.90 Å². The molecule has 0 spiro atoms. The molecule has 0 saturated heterocycles. The maximum atomic E-state index is 15.2. The predicted octanol–water partition coefficient (Wildman–Crippen LogP) is 10.4. The van der Waals surface area contributed by atoms with E-state index in [1.54, 1.807) is 17.0 Å². The zero-order valence-corrected chi connectivity index (χ0v) is 42.3. The SMILES string of the molecule is C=CCOC12Oc3ccc(OC(=O)NCc4ccccc4)cc3C3C(CCCCO)C(CCCCO)C=C(C(=NOCc4ccccc4)CC1N(Cc1ccc4c(c1)OCO4)C(=O)OCCOCc1ccccc1)C32. The monoisotopic (exact) mass is 1020 g/mol. The topological polar surface area (TPSA) is 176 Å². The smallest absolute Gasteiger partial charge is 0.412 e. The van der Waals surface area contributed by atoms with Crippen LogP contribution in [0, 0.1) is 17.8 Å². The molecule has 0 bridgehead atoms. The van der Waals surface area contributed by atoms with E-state index in [2.05, 4.69) is 18.0 Å². The maximum absolute atomic E-state index is 15.2. The van der Waals surface area contributed by atoms with E-state index in [0.29, 0.717) is 54.6 Å². The summed E-state index contributed by atoms with van der Waals surface area (Å²) in [6, 6.07) is 39.3. The van der Waals surface area contributed by atoms with Gasteiger partial charge in [0.15, 0.2) is 11.5 Å². The molecule has 2 aliphatic carbocycles. The Balaban J connectivity index is 1.16. The van der Waals surface area contributed by atoms with Crippen molar-refractivity contribution in [2.45, 2.75) is 89.0 Å². The van der Waals surface area contributed by atoms with Gasteiger partial charge in [0.1, 0.15) is 30.8 Å². The highest BCUT2D eigenvalue weighted by molar-refractivity contribution is 6.03. The predicted molar refractivity (Wildman–Crippen MR) is 281 cm³/mol. The number of amides is 2. The second-order valence-electron chi connectivity index (χ2n) is 19.2. The molecule has 3 N–H and O–H groups in total. The largest absolute Gasteiger partial charge is 0.459 e. The summed E-state index contributed by atoms with van der Waals surface area (Å²) in [7, 11) is 0. The number of nitrogens with zero attached hydrogens (tertiary/aromatic N) is 2. The summed E-state index contributed by atoms with van der Waals surface area (Å²) in [5, 5.41) is 28.0. The third-order valence-electron chi connectivity index (χ3n) is 14.3. The van der Waals surface area contributed by atoms with Gasteiger partial charge >= 0.3 is 12.2 Å². The summed E-state index contributed by atoms with van der Waals surface area (Å²) in [5.74, 6) is -0.772. The lowest BCUT2D eigenvalue weighted by atomic mass is 9.55. The molecule has 15 heteroatoms. The summed E-state index contributed by atoms with van der Waals surface area (Å²) < 4.78 is 44.3. The molecule has 2 amide bonds. The van der Waals surface area contributed by atoms with Crippen LogP contribution < -0.4 is 24.3 Å². The number of carbonyl (C=O) groups is 2. The first-order valence-electron chi connectivity index (χ1n) is 26.0. The molecule has 5 aromatic carbocycles. The van der Waals surface area contributed by atoms with Crippen molar-refractivity contribution < 1.29 is 57.8 Å². The number of aliphatic hydroxyl groups excluding tert-OH is 2. The summed E-state index contributed by atoms with van der Waals surface area (Å²) in [6.07, 6.45) is 6.99. The maximum Gasteiger partial charge on any atom is 0.412 e. The van der Waals surface area contributed by atoms with Crippen LogP contribution in [0.15, 0.2) is 157 Å². The fourth-order valence-corrected chi connectivity index (χ4v) is 11.0. The summed E-state index contributed by atoms with van der Waals surface area (Å²) in [6.45, 7) is 5.26. The van der Waals surface area contributed by atoms with Crippen molar-refractivity contribution in [2.24, 2.45) is 22.9 Å². The van der Waals surface area contributed by atoms with E-state index in [1.165, 1.54) is 0 Å². The molecule has 15 nitrogen and oxygen atoms in total. The number of ether oxygens (including phenoxy) is 7. The molecule has 5 aromatic rings. The van der Waals surface area contributed by atoms with E-state index in [0.717, 1.165) is 52.7 Å². The molecule has 4 aliphatic rings. The Labute approximate surface area is 438 Å². The highest BCUT2D eigenvalue weighted by Gasteiger charge is 2.66. The van der Waals surface area contributed by atoms with E-state index in [4.69, 9.17) is 43.2 Å². The number of hydrogen-bond acceptors (Lipinski definition) is 13. The Bertz CT molecular complexity index is 2740. The van der Waals surface area contributed by atoms with E-state index in [-0.39, 0.29) is 83.7 Å². The Hall–Kier alpha value is -7.17. The van der Waals surface area contributed by atoms with Crippen LogP contribution in [0.25, 0.3) is 0 Å². The Morgan fingerprint density at radius 2 is 1.47 bits per heavy atom. The van der Waals surface area contributed by atoms with Crippen LogP contribution in [0.5, 0.6) is 23.0 Å². The van der Waals surface area contributed by atoms with Crippen LogP contribution in [-0.2, 0) is 45.4 Å². The number of unbranched alkanes of at least 4 members (excludes halogenated alkanes) is 2. The third kappa shape index (κ3) is 12.9. The summed E-state index contributed by atoms with van der Waals surface area (Å²) in [5.41, 5.74) is 5.84.